The second-order valence-electron chi connectivity index (χ2n) is 4.88. The molecule has 1 fully saturated rings. The molecule has 1 aliphatic rings. The lowest BCUT2D eigenvalue weighted by atomic mass is 10.2. The van der Waals surface area contributed by atoms with Gasteiger partial charge in [-0.15, -0.1) is 0 Å². The van der Waals surface area contributed by atoms with E-state index < -0.39 is 0 Å². The van der Waals surface area contributed by atoms with E-state index in [0.29, 0.717) is 18.7 Å². The van der Waals surface area contributed by atoms with Crippen LogP contribution >= 0.6 is 15.9 Å². The molecule has 1 aromatic carbocycles. The van der Waals surface area contributed by atoms with E-state index in [1.54, 1.807) is 0 Å². The number of oxime groups is 1. The molecule has 20 heavy (non-hydrogen) atoms. The van der Waals surface area contributed by atoms with E-state index in [1.807, 2.05) is 12.1 Å². The standard InChI is InChI=1S/C13H18BrFN4O/c14-11-2-1-10(12(15)7-11)8-18-3-5-19(6-4-18)9-13(16)17-20/h1-2,7,20H,3-6,8-9H2,(H2,16,17). The van der Waals surface area contributed by atoms with Gasteiger partial charge in [-0.3, -0.25) is 9.80 Å². The highest BCUT2D eigenvalue weighted by Gasteiger charge is 2.18. The molecule has 1 heterocycles. The average Bonchev–Trinajstić information content (AvgIpc) is 2.44. The van der Waals surface area contributed by atoms with Gasteiger partial charge >= 0.3 is 0 Å². The van der Waals surface area contributed by atoms with Crippen molar-refractivity contribution in [1.82, 2.24) is 9.80 Å². The minimum Gasteiger partial charge on any atom is -0.409 e. The molecule has 0 spiro atoms. The lowest BCUT2D eigenvalue weighted by molar-refractivity contribution is 0.138. The molecule has 1 aromatic rings. The number of hydrogen-bond donors (Lipinski definition) is 2. The SMILES string of the molecule is NC(CN1CCN(Cc2ccc(Br)cc2F)CC1)=NO. The van der Waals surface area contributed by atoms with Crippen molar-refractivity contribution < 1.29 is 9.60 Å². The van der Waals surface area contributed by atoms with Crippen LogP contribution in [0.15, 0.2) is 27.8 Å². The van der Waals surface area contributed by atoms with Crippen molar-refractivity contribution in [3.05, 3.63) is 34.1 Å². The summed E-state index contributed by atoms with van der Waals surface area (Å²) in [4.78, 5) is 4.32. The third-order valence-corrected chi connectivity index (χ3v) is 3.88. The van der Waals surface area contributed by atoms with Crippen molar-refractivity contribution >= 4 is 21.8 Å². The van der Waals surface area contributed by atoms with Crippen LogP contribution in [0.3, 0.4) is 0 Å². The fraction of sp³-hybridized carbons (Fsp3) is 0.462. The van der Waals surface area contributed by atoms with Crippen molar-refractivity contribution in [2.75, 3.05) is 32.7 Å². The van der Waals surface area contributed by atoms with Crippen LogP contribution in [0, 0.1) is 5.82 Å². The van der Waals surface area contributed by atoms with Crippen LogP contribution in [-0.2, 0) is 6.54 Å². The third-order valence-electron chi connectivity index (χ3n) is 3.39. The lowest BCUT2D eigenvalue weighted by Crippen LogP contribution is -2.48. The first-order valence-corrected chi connectivity index (χ1v) is 7.23. The van der Waals surface area contributed by atoms with E-state index in [4.69, 9.17) is 10.9 Å². The third kappa shape index (κ3) is 4.16. The van der Waals surface area contributed by atoms with Gasteiger partial charge in [-0.05, 0) is 12.1 Å². The van der Waals surface area contributed by atoms with Gasteiger partial charge in [0, 0.05) is 42.8 Å². The molecular formula is C13H18BrFN4O. The molecule has 0 saturated carbocycles. The second kappa shape index (κ2) is 7.01. The minimum absolute atomic E-state index is 0.182. The quantitative estimate of drug-likeness (QED) is 0.375. The van der Waals surface area contributed by atoms with Crippen LogP contribution < -0.4 is 5.73 Å². The maximum atomic E-state index is 13.8. The molecule has 5 nitrogen and oxygen atoms in total. The van der Waals surface area contributed by atoms with Gasteiger partial charge < -0.3 is 10.9 Å². The van der Waals surface area contributed by atoms with Crippen molar-refractivity contribution in [1.29, 1.82) is 0 Å². The summed E-state index contributed by atoms with van der Waals surface area (Å²) in [5.41, 5.74) is 6.19. The molecule has 0 bridgehead atoms. The van der Waals surface area contributed by atoms with Crippen molar-refractivity contribution in [3.63, 3.8) is 0 Å². The number of piperazine rings is 1. The van der Waals surface area contributed by atoms with E-state index in [2.05, 4.69) is 30.9 Å². The highest BCUT2D eigenvalue weighted by Crippen LogP contribution is 2.17. The summed E-state index contributed by atoms with van der Waals surface area (Å²) >= 11 is 3.26. The fourth-order valence-electron chi connectivity index (χ4n) is 2.26. The number of amidine groups is 1. The fourth-order valence-corrected chi connectivity index (χ4v) is 2.59. The van der Waals surface area contributed by atoms with E-state index in [9.17, 15) is 4.39 Å². The van der Waals surface area contributed by atoms with Gasteiger partial charge in [0.15, 0.2) is 5.84 Å². The van der Waals surface area contributed by atoms with Gasteiger partial charge in [0.25, 0.3) is 0 Å². The summed E-state index contributed by atoms with van der Waals surface area (Å²) in [5.74, 6) is 0.0378. The molecule has 1 aliphatic heterocycles. The smallest absolute Gasteiger partial charge is 0.153 e. The van der Waals surface area contributed by atoms with Gasteiger partial charge in [0.1, 0.15) is 5.82 Å². The Morgan fingerprint density at radius 2 is 1.95 bits per heavy atom. The van der Waals surface area contributed by atoms with Crippen LogP contribution in [-0.4, -0.2) is 53.6 Å². The van der Waals surface area contributed by atoms with E-state index in [-0.39, 0.29) is 11.7 Å². The Labute approximate surface area is 126 Å². The van der Waals surface area contributed by atoms with Gasteiger partial charge in [-0.1, -0.05) is 27.2 Å². The molecule has 2 rings (SSSR count). The zero-order valence-electron chi connectivity index (χ0n) is 11.1. The number of rotatable bonds is 4. The predicted octanol–water partition coefficient (Wildman–Crippen LogP) is 1.45. The lowest BCUT2D eigenvalue weighted by Gasteiger charge is -2.34. The Bertz CT molecular complexity index is 489. The van der Waals surface area contributed by atoms with E-state index >= 15 is 0 Å². The highest BCUT2D eigenvalue weighted by molar-refractivity contribution is 9.10. The Balaban J connectivity index is 1.85. The monoisotopic (exact) mass is 344 g/mol. The summed E-state index contributed by atoms with van der Waals surface area (Å²) in [6.45, 7) is 4.42. The molecule has 1 saturated heterocycles. The molecule has 0 aliphatic carbocycles. The predicted molar refractivity (Wildman–Crippen MR) is 79.2 cm³/mol. The Kier molecular flexibility index (Phi) is 5.33. The summed E-state index contributed by atoms with van der Waals surface area (Å²) < 4.78 is 14.5. The number of benzene rings is 1. The van der Waals surface area contributed by atoms with Gasteiger partial charge in [-0.2, -0.15) is 0 Å². The second-order valence-corrected chi connectivity index (χ2v) is 5.80. The Morgan fingerprint density at radius 3 is 2.55 bits per heavy atom. The van der Waals surface area contributed by atoms with E-state index in [0.717, 1.165) is 30.7 Å². The van der Waals surface area contributed by atoms with Crippen molar-refractivity contribution in [2.45, 2.75) is 6.54 Å². The number of nitrogens with two attached hydrogens (primary N) is 1. The molecule has 0 atom stereocenters. The normalized spacial score (nSPS) is 18.4. The van der Waals surface area contributed by atoms with Crippen molar-refractivity contribution in [3.8, 4) is 0 Å². The van der Waals surface area contributed by atoms with Crippen LogP contribution in [0.4, 0.5) is 4.39 Å². The van der Waals surface area contributed by atoms with Crippen LogP contribution in [0.25, 0.3) is 0 Å². The molecule has 0 unspecified atom stereocenters. The largest absolute Gasteiger partial charge is 0.409 e. The van der Waals surface area contributed by atoms with Gasteiger partial charge in [0.05, 0.1) is 6.54 Å². The van der Waals surface area contributed by atoms with Crippen molar-refractivity contribution in [2.24, 2.45) is 10.9 Å². The molecule has 110 valence electrons. The van der Waals surface area contributed by atoms with Gasteiger partial charge in [-0.25, -0.2) is 4.39 Å². The first-order chi connectivity index (χ1) is 9.58. The summed E-state index contributed by atoms with van der Waals surface area (Å²) in [7, 11) is 0. The first-order valence-electron chi connectivity index (χ1n) is 6.43. The number of hydrogen-bond acceptors (Lipinski definition) is 4. The maximum absolute atomic E-state index is 13.8. The molecule has 3 N–H and O–H groups in total. The number of halogens is 2. The molecule has 7 heteroatoms. The van der Waals surface area contributed by atoms with Crippen LogP contribution in [0.2, 0.25) is 0 Å². The summed E-state index contributed by atoms with van der Waals surface area (Å²) in [6.07, 6.45) is 0. The zero-order valence-corrected chi connectivity index (χ0v) is 12.7. The molecular weight excluding hydrogens is 327 g/mol. The Morgan fingerprint density at radius 1 is 1.30 bits per heavy atom. The first kappa shape index (κ1) is 15.2. The highest BCUT2D eigenvalue weighted by atomic mass is 79.9. The summed E-state index contributed by atoms with van der Waals surface area (Å²) in [6, 6.07) is 5.15. The van der Waals surface area contributed by atoms with Crippen LogP contribution in [0.5, 0.6) is 0 Å². The minimum atomic E-state index is -0.182. The summed E-state index contributed by atoms with van der Waals surface area (Å²) in [5, 5.41) is 11.5. The topological polar surface area (TPSA) is 65.1 Å². The van der Waals surface area contributed by atoms with Gasteiger partial charge in [0.2, 0.25) is 0 Å². The van der Waals surface area contributed by atoms with Crippen LogP contribution in [0.1, 0.15) is 5.56 Å². The molecule has 0 aromatic heterocycles. The maximum Gasteiger partial charge on any atom is 0.153 e. The molecule has 0 amide bonds. The zero-order chi connectivity index (χ0) is 14.5. The average molecular weight is 345 g/mol. The Hall–Kier alpha value is -1.18. The van der Waals surface area contributed by atoms with E-state index in [1.165, 1.54) is 6.07 Å². The molecule has 0 radical (unpaired) electrons. The number of nitrogens with zero attached hydrogens (tertiary/aromatic N) is 3.